The zero-order valence-corrected chi connectivity index (χ0v) is 10.1. The Morgan fingerprint density at radius 3 is 2.71 bits per heavy atom. The maximum Gasteiger partial charge on any atom is 0.173 e. The zero-order valence-electron chi connectivity index (χ0n) is 8.54. The first-order valence-corrected chi connectivity index (χ1v) is 5.58. The second-order valence-corrected chi connectivity index (χ2v) is 4.20. The van der Waals surface area contributed by atoms with E-state index in [4.69, 9.17) is 4.42 Å². The maximum absolute atomic E-state index is 13.2. The third-order valence-corrected chi connectivity index (χ3v) is 3.03. The second-order valence-electron chi connectivity index (χ2n) is 3.40. The minimum atomic E-state index is -1.06. The molecule has 0 amide bonds. The van der Waals surface area contributed by atoms with Gasteiger partial charge in [0, 0.05) is 5.56 Å². The van der Waals surface area contributed by atoms with Crippen molar-refractivity contribution in [1.82, 2.24) is 0 Å². The molecule has 0 bridgehead atoms. The molecule has 0 fully saturated rings. The molecule has 2 rings (SSSR count). The third-order valence-electron chi connectivity index (χ3n) is 2.25. The van der Waals surface area contributed by atoms with E-state index in [0.717, 1.165) is 6.07 Å². The fraction of sp³-hybridized carbons (Fsp3) is 0.0833. The number of carbonyl (C=O) groups is 1. The number of hydrogen-bond donors (Lipinski definition) is 0. The quantitative estimate of drug-likeness (QED) is 0.638. The zero-order chi connectivity index (χ0) is 12.4. The highest BCUT2D eigenvalue weighted by molar-refractivity contribution is 9.10. The van der Waals surface area contributed by atoms with Crippen LogP contribution >= 0.6 is 15.9 Å². The van der Waals surface area contributed by atoms with Gasteiger partial charge in [-0.2, -0.15) is 0 Å². The summed E-state index contributed by atoms with van der Waals surface area (Å²) in [5.41, 5.74) is 0.0975. The lowest BCUT2D eigenvalue weighted by Gasteiger charge is -2.04. The van der Waals surface area contributed by atoms with Gasteiger partial charge in [-0.25, -0.2) is 8.78 Å². The van der Waals surface area contributed by atoms with Crippen molar-refractivity contribution in [3.05, 3.63) is 58.0 Å². The molecule has 2 nitrogen and oxygen atoms in total. The molecule has 0 unspecified atom stereocenters. The van der Waals surface area contributed by atoms with Gasteiger partial charge < -0.3 is 4.42 Å². The van der Waals surface area contributed by atoms with E-state index in [1.54, 1.807) is 12.1 Å². The first kappa shape index (κ1) is 12.0. The first-order chi connectivity index (χ1) is 8.09. The Morgan fingerprint density at radius 1 is 1.29 bits per heavy atom. The summed E-state index contributed by atoms with van der Waals surface area (Å²) >= 11 is 2.87. The van der Waals surface area contributed by atoms with Crippen molar-refractivity contribution in [2.24, 2.45) is 0 Å². The van der Waals surface area contributed by atoms with Gasteiger partial charge >= 0.3 is 0 Å². The summed E-state index contributed by atoms with van der Waals surface area (Å²) in [7, 11) is 0. The molecule has 2 aromatic rings. The summed E-state index contributed by atoms with van der Waals surface area (Å²) in [5, 5.41) is 0. The standard InChI is InChI=1S/C12H7BrF2O2/c13-11-8(3-4-9(14)12(11)15)10(16)6-7-2-1-5-17-7/h1-5H,6H2. The van der Waals surface area contributed by atoms with Crippen LogP contribution in [0.3, 0.4) is 0 Å². The van der Waals surface area contributed by atoms with E-state index in [-0.39, 0.29) is 22.2 Å². The van der Waals surface area contributed by atoms with Gasteiger partial charge in [0.05, 0.1) is 17.2 Å². The molecule has 1 aromatic heterocycles. The molecule has 1 heterocycles. The SMILES string of the molecule is O=C(Cc1ccco1)c1ccc(F)c(F)c1Br. The van der Waals surface area contributed by atoms with Crippen LogP contribution in [-0.4, -0.2) is 5.78 Å². The summed E-state index contributed by atoms with van der Waals surface area (Å²) in [6.07, 6.45) is 1.46. The monoisotopic (exact) mass is 300 g/mol. The fourth-order valence-electron chi connectivity index (χ4n) is 1.41. The molecule has 0 aliphatic heterocycles. The van der Waals surface area contributed by atoms with Crippen molar-refractivity contribution >= 4 is 21.7 Å². The van der Waals surface area contributed by atoms with Crippen LogP contribution in [0.15, 0.2) is 39.4 Å². The van der Waals surface area contributed by atoms with Crippen molar-refractivity contribution in [3.63, 3.8) is 0 Å². The van der Waals surface area contributed by atoms with Gasteiger partial charge in [-0.1, -0.05) is 0 Å². The number of halogens is 3. The molecule has 1 aromatic carbocycles. The number of ketones is 1. The lowest BCUT2D eigenvalue weighted by molar-refractivity contribution is 0.0985. The van der Waals surface area contributed by atoms with Crippen LogP contribution in [0.2, 0.25) is 0 Å². The van der Waals surface area contributed by atoms with Gasteiger partial charge in [0.25, 0.3) is 0 Å². The Hall–Kier alpha value is -1.49. The summed E-state index contributed by atoms with van der Waals surface area (Å²) in [6.45, 7) is 0. The average Bonchev–Trinajstić information content (AvgIpc) is 2.78. The summed E-state index contributed by atoms with van der Waals surface area (Å²) in [4.78, 5) is 11.8. The highest BCUT2D eigenvalue weighted by atomic mass is 79.9. The Morgan fingerprint density at radius 2 is 2.06 bits per heavy atom. The molecular formula is C12H7BrF2O2. The number of hydrogen-bond acceptors (Lipinski definition) is 2. The largest absolute Gasteiger partial charge is 0.469 e. The molecule has 5 heteroatoms. The van der Waals surface area contributed by atoms with E-state index < -0.39 is 11.6 Å². The molecule has 88 valence electrons. The summed E-state index contributed by atoms with van der Waals surface area (Å²) < 4.78 is 31.0. The van der Waals surface area contributed by atoms with Crippen LogP contribution in [0.4, 0.5) is 8.78 Å². The van der Waals surface area contributed by atoms with E-state index in [0.29, 0.717) is 5.76 Å². The molecule has 0 atom stereocenters. The Bertz CT molecular complexity index is 550. The van der Waals surface area contributed by atoms with Crippen molar-refractivity contribution in [1.29, 1.82) is 0 Å². The second kappa shape index (κ2) is 4.79. The van der Waals surface area contributed by atoms with Crippen molar-refractivity contribution in [2.45, 2.75) is 6.42 Å². The maximum atomic E-state index is 13.2. The topological polar surface area (TPSA) is 30.2 Å². The van der Waals surface area contributed by atoms with Crippen LogP contribution in [0.1, 0.15) is 16.1 Å². The summed E-state index contributed by atoms with van der Waals surface area (Å²) in [5.74, 6) is -1.92. The average molecular weight is 301 g/mol. The number of rotatable bonds is 3. The van der Waals surface area contributed by atoms with Gasteiger partial charge in [0.2, 0.25) is 0 Å². The van der Waals surface area contributed by atoms with Crippen LogP contribution in [0.5, 0.6) is 0 Å². The fourth-order valence-corrected chi connectivity index (χ4v) is 1.95. The molecular weight excluding hydrogens is 294 g/mol. The van der Waals surface area contributed by atoms with E-state index in [2.05, 4.69) is 15.9 Å². The third kappa shape index (κ3) is 2.44. The summed E-state index contributed by atoms with van der Waals surface area (Å²) in [6, 6.07) is 5.47. The highest BCUT2D eigenvalue weighted by Gasteiger charge is 2.17. The molecule has 0 N–H and O–H groups in total. The minimum Gasteiger partial charge on any atom is -0.469 e. The van der Waals surface area contributed by atoms with Crippen molar-refractivity contribution in [2.75, 3.05) is 0 Å². The molecule has 0 saturated heterocycles. The van der Waals surface area contributed by atoms with Gasteiger partial charge in [-0.15, -0.1) is 0 Å². The predicted molar refractivity (Wildman–Crippen MR) is 60.8 cm³/mol. The molecule has 0 radical (unpaired) electrons. The van der Waals surface area contributed by atoms with E-state index >= 15 is 0 Å². The van der Waals surface area contributed by atoms with E-state index in [9.17, 15) is 13.6 Å². The molecule has 0 spiro atoms. The first-order valence-electron chi connectivity index (χ1n) is 4.78. The normalized spacial score (nSPS) is 10.5. The minimum absolute atomic E-state index is 0.0106. The van der Waals surface area contributed by atoms with Crippen LogP contribution in [-0.2, 0) is 6.42 Å². The van der Waals surface area contributed by atoms with Crippen LogP contribution in [0, 0.1) is 11.6 Å². The van der Waals surface area contributed by atoms with Gasteiger partial charge in [-0.3, -0.25) is 4.79 Å². The number of furan rings is 1. The van der Waals surface area contributed by atoms with Crippen LogP contribution in [0.25, 0.3) is 0 Å². The lowest BCUT2D eigenvalue weighted by Crippen LogP contribution is -2.05. The Kier molecular flexibility index (Phi) is 3.38. The number of benzene rings is 1. The van der Waals surface area contributed by atoms with E-state index in [1.165, 1.54) is 12.3 Å². The van der Waals surface area contributed by atoms with Gasteiger partial charge in [-0.05, 0) is 40.2 Å². The lowest BCUT2D eigenvalue weighted by atomic mass is 10.1. The van der Waals surface area contributed by atoms with E-state index in [1.807, 2.05) is 0 Å². The van der Waals surface area contributed by atoms with Gasteiger partial charge in [0.1, 0.15) is 5.76 Å². The van der Waals surface area contributed by atoms with Crippen LogP contribution < -0.4 is 0 Å². The smallest absolute Gasteiger partial charge is 0.173 e. The number of Topliss-reactive ketones (excluding diaryl/α,β-unsaturated/α-hetero) is 1. The molecule has 0 saturated carbocycles. The highest BCUT2D eigenvalue weighted by Crippen LogP contribution is 2.24. The number of carbonyl (C=O) groups excluding carboxylic acids is 1. The molecule has 17 heavy (non-hydrogen) atoms. The molecule has 0 aliphatic rings. The Labute approximate surface area is 104 Å². The molecule has 0 aliphatic carbocycles. The van der Waals surface area contributed by atoms with Crippen molar-refractivity contribution < 1.29 is 18.0 Å². The van der Waals surface area contributed by atoms with Gasteiger partial charge in [0.15, 0.2) is 17.4 Å². The van der Waals surface area contributed by atoms with Crippen molar-refractivity contribution in [3.8, 4) is 0 Å². The predicted octanol–water partition coefficient (Wildman–Crippen LogP) is 3.75. The Balaban J connectivity index is 2.29.